The van der Waals surface area contributed by atoms with Crippen LogP contribution >= 0.6 is 0 Å². The molecule has 0 N–H and O–H groups in total. The quantitative estimate of drug-likeness (QED) is 0.615. The van der Waals surface area contributed by atoms with E-state index in [1.165, 1.54) is 14.0 Å². The number of rotatable bonds is 5. The van der Waals surface area contributed by atoms with E-state index in [0.29, 0.717) is 12.8 Å². The standard InChI is InChI=1S/C10H18O3/c1-7(2)9(10(12)13-4)6-5-8(3)11/h7,9H,5-6H2,1-4H3/t9-/m0/s1. The molecule has 13 heavy (non-hydrogen) atoms. The van der Waals surface area contributed by atoms with Crippen molar-refractivity contribution < 1.29 is 14.3 Å². The Labute approximate surface area is 79.5 Å². The maximum atomic E-state index is 11.2. The topological polar surface area (TPSA) is 43.4 Å². The van der Waals surface area contributed by atoms with Crippen LogP contribution in [0.25, 0.3) is 0 Å². The van der Waals surface area contributed by atoms with Gasteiger partial charge in [0.15, 0.2) is 0 Å². The highest BCUT2D eigenvalue weighted by Gasteiger charge is 2.22. The smallest absolute Gasteiger partial charge is 0.308 e. The van der Waals surface area contributed by atoms with Crippen LogP contribution in [0.5, 0.6) is 0 Å². The molecule has 0 aromatic rings. The van der Waals surface area contributed by atoms with Crippen LogP contribution in [-0.2, 0) is 14.3 Å². The average Bonchev–Trinajstić information content (AvgIpc) is 2.03. The summed E-state index contributed by atoms with van der Waals surface area (Å²) in [5, 5.41) is 0. The van der Waals surface area contributed by atoms with Crippen LogP contribution in [0, 0.1) is 11.8 Å². The van der Waals surface area contributed by atoms with Gasteiger partial charge in [-0.05, 0) is 19.3 Å². The van der Waals surface area contributed by atoms with Crippen molar-refractivity contribution in [2.45, 2.75) is 33.6 Å². The minimum Gasteiger partial charge on any atom is -0.469 e. The van der Waals surface area contributed by atoms with Crippen molar-refractivity contribution in [2.24, 2.45) is 11.8 Å². The molecule has 0 radical (unpaired) electrons. The fraction of sp³-hybridized carbons (Fsp3) is 0.800. The second kappa shape index (κ2) is 5.73. The van der Waals surface area contributed by atoms with Crippen molar-refractivity contribution in [3.05, 3.63) is 0 Å². The summed E-state index contributed by atoms with van der Waals surface area (Å²) in [6.45, 7) is 5.46. The van der Waals surface area contributed by atoms with E-state index in [0.717, 1.165) is 0 Å². The SMILES string of the molecule is COC(=O)[C@@H](CCC(C)=O)C(C)C. The average molecular weight is 186 g/mol. The molecule has 0 unspecified atom stereocenters. The van der Waals surface area contributed by atoms with Crippen molar-refractivity contribution in [3.63, 3.8) is 0 Å². The molecule has 0 bridgehead atoms. The molecule has 3 heteroatoms. The molecule has 76 valence electrons. The Morgan fingerprint density at radius 1 is 1.31 bits per heavy atom. The number of esters is 1. The minimum atomic E-state index is -0.212. The normalized spacial score (nSPS) is 12.7. The van der Waals surface area contributed by atoms with E-state index < -0.39 is 0 Å². The van der Waals surface area contributed by atoms with E-state index in [9.17, 15) is 9.59 Å². The maximum Gasteiger partial charge on any atom is 0.308 e. The molecule has 0 saturated heterocycles. The van der Waals surface area contributed by atoms with Crippen molar-refractivity contribution in [2.75, 3.05) is 7.11 Å². The molecular formula is C10H18O3. The number of Topliss-reactive ketones (excluding diaryl/α,β-unsaturated/α-hetero) is 1. The lowest BCUT2D eigenvalue weighted by Crippen LogP contribution is -2.22. The lowest BCUT2D eigenvalue weighted by Gasteiger charge is -2.17. The lowest BCUT2D eigenvalue weighted by atomic mass is 9.90. The van der Waals surface area contributed by atoms with E-state index in [2.05, 4.69) is 4.74 Å². The Kier molecular flexibility index (Phi) is 5.35. The van der Waals surface area contributed by atoms with Gasteiger partial charge in [-0.15, -0.1) is 0 Å². The van der Waals surface area contributed by atoms with E-state index in [4.69, 9.17) is 0 Å². The van der Waals surface area contributed by atoms with Gasteiger partial charge in [0.1, 0.15) is 5.78 Å². The largest absolute Gasteiger partial charge is 0.469 e. The molecule has 0 fully saturated rings. The molecule has 0 aliphatic heterocycles. The van der Waals surface area contributed by atoms with Crippen molar-refractivity contribution in [1.29, 1.82) is 0 Å². The molecule has 0 spiro atoms. The predicted molar refractivity (Wildman–Crippen MR) is 50.3 cm³/mol. The number of hydrogen-bond acceptors (Lipinski definition) is 3. The second-order valence-electron chi connectivity index (χ2n) is 3.61. The van der Waals surface area contributed by atoms with Crippen LogP contribution in [0.15, 0.2) is 0 Å². The summed E-state index contributed by atoms with van der Waals surface area (Å²) in [6, 6.07) is 0. The van der Waals surface area contributed by atoms with Crippen LogP contribution in [0.4, 0.5) is 0 Å². The van der Waals surface area contributed by atoms with Crippen LogP contribution in [0.1, 0.15) is 33.6 Å². The van der Waals surface area contributed by atoms with Gasteiger partial charge in [-0.1, -0.05) is 13.8 Å². The van der Waals surface area contributed by atoms with Crippen LogP contribution in [-0.4, -0.2) is 18.9 Å². The summed E-state index contributed by atoms with van der Waals surface area (Å²) in [4.78, 5) is 22.0. The van der Waals surface area contributed by atoms with Gasteiger partial charge in [0, 0.05) is 6.42 Å². The highest BCUT2D eigenvalue weighted by atomic mass is 16.5. The molecule has 0 aliphatic rings. The van der Waals surface area contributed by atoms with Gasteiger partial charge in [-0.3, -0.25) is 4.79 Å². The third-order valence-electron chi connectivity index (χ3n) is 2.12. The molecule has 0 aliphatic carbocycles. The first kappa shape index (κ1) is 12.1. The van der Waals surface area contributed by atoms with E-state index in [1.807, 2.05) is 13.8 Å². The van der Waals surface area contributed by atoms with Crippen LogP contribution in [0.3, 0.4) is 0 Å². The Balaban J connectivity index is 4.10. The third-order valence-corrected chi connectivity index (χ3v) is 2.12. The predicted octanol–water partition coefficient (Wildman–Crippen LogP) is 1.80. The van der Waals surface area contributed by atoms with Crippen LogP contribution in [0.2, 0.25) is 0 Å². The number of methoxy groups -OCH3 is 1. The van der Waals surface area contributed by atoms with Crippen molar-refractivity contribution in [1.82, 2.24) is 0 Å². The van der Waals surface area contributed by atoms with Gasteiger partial charge in [0.05, 0.1) is 13.0 Å². The first-order valence-corrected chi connectivity index (χ1v) is 4.56. The summed E-state index contributed by atoms with van der Waals surface area (Å²) in [6.07, 6.45) is 1.05. The summed E-state index contributed by atoms with van der Waals surface area (Å²) in [5.74, 6) is -0.00787. The summed E-state index contributed by atoms with van der Waals surface area (Å²) in [5.41, 5.74) is 0. The molecule has 0 heterocycles. The first-order chi connectivity index (χ1) is 5.99. The Morgan fingerprint density at radius 3 is 2.15 bits per heavy atom. The molecular weight excluding hydrogens is 168 g/mol. The summed E-state index contributed by atoms with van der Waals surface area (Å²) < 4.78 is 4.66. The monoisotopic (exact) mass is 186 g/mol. The summed E-state index contributed by atoms with van der Waals surface area (Å²) in [7, 11) is 1.38. The lowest BCUT2D eigenvalue weighted by molar-refractivity contribution is -0.147. The fourth-order valence-electron chi connectivity index (χ4n) is 1.23. The Morgan fingerprint density at radius 2 is 1.85 bits per heavy atom. The third kappa shape index (κ3) is 4.65. The maximum absolute atomic E-state index is 11.2. The van der Waals surface area contributed by atoms with Gasteiger partial charge in [-0.2, -0.15) is 0 Å². The fourth-order valence-corrected chi connectivity index (χ4v) is 1.23. The van der Waals surface area contributed by atoms with E-state index in [1.54, 1.807) is 0 Å². The number of hydrogen-bond donors (Lipinski definition) is 0. The van der Waals surface area contributed by atoms with Gasteiger partial charge in [0.25, 0.3) is 0 Å². The molecule has 0 aromatic carbocycles. The van der Waals surface area contributed by atoms with E-state index in [-0.39, 0.29) is 23.6 Å². The number of carbonyl (C=O) groups excluding carboxylic acids is 2. The first-order valence-electron chi connectivity index (χ1n) is 4.56. The highest BCUT2D eigenvalue weighted by Crippen LogP contribution is 2.18. The van der Waals surface area contributed by atoms with Gasteiger partial charge in [0.2, 0.25) is 0 Å². The molecule has 0 amide bonds. The second-order valence-corrected chi connectivity index (χ2v) is 3.61. The van der Waals surface area contributed by atoms with Crippen LogP contribution < -0.4 is 0 Å². The summed E-state index contributed by atoms with van der Waals surface area (Å²) >= 11 is 0. The zero-order chi connectivity index (χ0) is 10.4. The van der Waals surface area contributed by atoms with Crippen molar-refractivity contribution in [3.8, 4) is 0 Å². The molecule has 3 nitrogen and oxygen atoms in total. The van der Waals surface area contributed by atoms with E-state index >= 15 is 0 Å². The van der Waals surface area contributed by atoms with Gasteiger partial charge < -0.3 is 9.53 Å². The highest BCUT2D eigenvalue weighted by molar-refractivity contribution is 5.77. The molecule has 0 rings (SSSR count). The molecule has 0 aromatic heterocycles. The van der Waals surface area contributed by atoms with Gasteiger partial charge >= 0.3 is 5.97 Å². The Bertz CT molecular complexity index is 185. The molecule has 1 atom stereocenters. The van der Waals surface area contributed by atoms with Gasteiger partial charge in [-0.25, -0.2) is 0 Å². The number of ketones is 1. The zero-order valence-electron chi connectivity index (χ0n) is 8.79. The number of carbonyl (C=O) groups is 2. The van der Waals surface area contributed by atoms with Crippen molar-refractivity contribution >= 4 is 11.8 Å². The zero-order valence-corrected chi connectivity index (χ0v) is 8.79. The molecule has 0 saturated carbocycles. The minimum absolute atomic E-state index is 0.120. The number of ether oxygens (including phenoxy) is 1. The Hall–Kier alpha value is -0.860.